The topological polar surface area (TPSA) is 119 Å². The largest absolute Gasteiger partial charge is 0.467 e. The molecule has 1 atom stereocenters. The summed E-state index contributed by atoms with van der Waals surface area (Å²) in [5, 5.41) is 15.2. The molecule has 1 unspecified atom stereocenters. The van der Waals surface area contributed by atoms with E-state index in [1.165, 1.54) is 16.0 Å². The second kappa shape index (κ2) is 9.57. The quantitative estimate of drug-likeness (QED) is 0.430. The Morgan fingerprint density at radius 1 is 1.09 bits per heavy atom. The molecule has 0 radical (unpaired) electrons. The van der Waals surface area contributed by atoms with E-state index in [9.17, 15) is 9.59 Å². The first kappa shape index (κ1) is 23.9. The van der Waals surface area contributed by atoms with Crippen LogP contribution in [-0.4, -0.2) is 37.6 Å². The van der Waals surface area contributed by atoms with Gasteiger partial charge in [0.15, 0.2) is 11.8 Å². The number of anilines is 1. The summed E-state index contributed by atoms with van der Waals surface area (Å²) in [6.07, 6.45) is 1.47. The second-order valence-electron chi connectivity index (χ2n) is 9.31. The molecule has 10 nitrogen and oxygen atoms in total. The number of benzene rings is 1. The summed E-state index contributed by atoms with van der Waals surface area (Å²) in [5.41, 5.74) is 1.03. The van der Waals surface area contributed by atoms with E-state index < -0.39 is 17.5 Å². The van der Waals surface area contributed by atoms with E-state index in [-0.39, 0.29) is 18.3 Å². The molecule has 4 rings (SSSR count). The van der Waals surface area contributed by atoms with E-state index in [4.69, 9.17) is 8.83 Å². The summed E-state index contributed by atoms with van der Waals surface area (Å²) in [5.74, 6) is 0.970. The number of rotatable bonds is 7. The highest BCUT2D eigenvalue weighted by molar-refractivity contribution is 6.01. The highest BCUT2D eigenvalue weighted by atomic mass is 16.3. The molecule has 0 aliphatic rings. The van der Waals surface area contributed by atoms with Crippen LogP contribution in [0.2, 0.25) is 0 Å². The highest BCUT2D eigenvalue weighted by Gasteiger charge is 2.36. The number of nitrogens with zero attached hydrogens (tertiary/aromatic N) is 5. The van der Waals surface area contributed by atoms with Crippen LogP contribution in [0.25, 0.3) is 11.6 Å². The van der Waals surface area contributed by atoms with Gasteiger partial charge in [-0.2, -0.15) is 4.80 Å². The highest BCUT2D eigenvalue weighted by Crippen LogP contribution is 2.29. The zero-order chi connectivity index (χ0) is 25.2. The fourth-order valence-electron chi connectivity index (χ4n) is 3.56. The summed E-state index contributed by atoms with van der Waals surface area (Å²) in [6, 6.07) is 13.2. The number of amides is 2. The normalized spacial score (nSPS) is 12.4. The summed E-state index contributed by atoms with van der Waals surface area (Å²) < 4.78 is 11.1. The molecular weight excluding hydrogens is 448 g/mol. The molecule has 3 aromatic heterocycles. The van der Waals surface area contributed by atoms with Crippen LogP contribution < -0.4 is 10.2 Å². The fourth-order valence-corrected chi connectivity index (χ4v) is 3.56. The van der Waals surface area contributed by atoms with Gasteiger partial charge in [-0.3, -0.25) is 14.5 Å². The van der Waals surface area contributed by atoms with Crippen LogP contribution in [0.4, 0.5) is 5.69 Å². The Hall–Kier alpha value is -4.21. The zero-order valence-corrected chi connectivity index (χ0v) is 20.3. The molecule has 10 heteroatoms. The molecular formula is C25H28N6O4. The van der Waals surface area contributed by atoms with Crippen molar-refractivity contribution in [1.29, 1.82) is 0 Å². The fraction of sp³-hybridized carbons (Fsp3) is 0.320. The molecule has 0 spiro atoms. The molecule has 0 fully saturated rings. The molecule has 0 aliphatic heterocycles. The maximum atomic E-state index is 13.7. The summed E-state index contributed by atoms with van der Waals surface area (Å²) in [7, 11) is 0. The molecule has 0 aliphatic carbocycles. The van der Waals surface area contributed by atoms with Crippen molar-refractivity contribution in [1.82, 2.24) is 25.5 Å². The van der Waals surface area contributed by atoms with Gasteiger partial charge in [-0.25, -0.2) is 0 Å². The van der Waals surface area contributed by atoms with E-state index in [0.29, 0.717) is 23.0 Å². The van der Waals surface area contributed by atoms with Gasteiger partial charge in [0.2, 0.25) is 5.82 Å². The minimum absolute atomic E-state index is 0.249. The molecule has 1 N–H and O–H groups in total. The third-order valence-corrected chi connectivity index (χ3v) is 5.09. The van der Waals surface area contributed by atoms with Gasteiger partial charge in [0.25, 0.3) is 11.8 Å². The molecule has 182 valence electrons. The number of nitrogens with one attached hydrogen (secondary N) is 1. The zero-order valence-electron chi connectivity index (χ0n) is 20.3. The minimum atomic E-state index is -1.05. The Bertz CT molecular complexity index is 1300. The Labute approximate surface area is 202 Å². The molecule has 4 aromatic rings. The predicted molar refractivity (Wildman–Crippen MR) is 128 cm³/mol. The van der Waals surface area contributed by atoms with Gasteiger partial charge in [0.05, 0.1) is 6.26 Å². The number of carbonyl (C=O) groups excluding carboxylic acids is 2. The molecule has 0 saturated carbocycles. The van der Waals surface area contributed by atoms with Crippen LogP contribution in [0.5, 0.6) is 0 Å². The van der Waals surface area contributed by atoms with Crippen LogP contribution in [-0.2, 0) is 16.1 Å². The molecule has 3 heterocycles. The lowest BCUT2D eigenvalue weighted by atomic mass is 10.1. The monoisotopic (exact) mass is 476 g/mol. The lowest BCUT2D eigenvalue weighted by molar-refractivity contribution is -0.128. The van der Waals surface area contributed by atoms with Crippen LogP contribution >= 0.6 is 0 Å². The number of aromatic nitrogens is 4. The van der Waals surface area contributed by atoms with Crippen molar-refractivity contribution in [2.45, 2.75) is 52.7 Å². The van der Waals surface area contributed by atoms with E-state index in [0.717, 1.165) is 5.56 Å². The smallest absolute Gasteiger partial charge is 0.251 e. The third kappa shape index (κ3) is 5.65. The van der Waals surface area contributed by atoms with Crippen LogP contribution in [0.3, 0.4) is 0 Å². The van der Waals surface area contributed by atoms with Gasteiger partial charge >= 0.3 is 0 Å². The first-order chi connectivity index (χ1) is 16.6. The predicted octanol–water partition coefficient (Wildman–Crippen LogP) is 3.83. The standard InChI is InChI=1S/C25H28N6O4/c1-16-8-11-18(12-9-16)31(22(19-7-6-14-34-19)24(33)26-25(3,4)5)21(32)15-30-28-23(27-29-30)20-13-10-17(2)35-20/h6-14,22H,15H2,1-5H3,(H,26,33). The number of hydrogen-bond donors (Lipinski definition) is 1. The van der Waals surface area contributed by atoms with Crippen molar-refractivity contribution in [2.24, 2.45) is 0 Å². The van der Waals surface area contributed by atoms with Gasteiger partial charge in [-0.05, 0) is 76.2 Å². The van der Waals surface area contributed by atoms with Crippen molar-refractivity contribution in [3.63, 3.8) is 0 Å². The second-order valence-corrected chi connectivity index (χ2v) is 9.31. The Kier molecular flexibility index (Phi) is 6.54. The van der Waals surface area contributed by atoms with Gasteiger partial charge in [0, 0.05) is 11.2 Å². The van der Waals surface area contributed by atoms with E-state index in [1.807, 2.05) is 46.8 Å². The average molecular weight is 477 g/mol. The molecule has 0 bridgehead atoms. The summed E-state index contributed by atoms with van der Waals surface area (Å²) in [6.45, 7) is 9.14. The van der Waals surface area contributed by atoms with Gasteiger partial charge in [-0.1, -0.05) is 17.7 Å². The molecule has 35 heavy (non-hydrogen) atoms. The number of tetrazole rings is 1. The first-order valence-electron chi connectivity index (χ1n) is 11.2. The number of furan rings is 2. The van der Waals surface area contributed by atoms with Crippen LogP contribution in [0, 0.1) is 13.8 Å². The molecule has 1 aromatic carbocycles. The van der Waals surface area contributed by atoms with E-state index >= 15 is 0 Å². The lowest BCUT2D eigenvalue weighted by Crippen LogP contribution is -2.50. The average Bonchev–Trinajstić information content (AvgIpc) is 3.53. The van der Waals surface area contributed by atoms with Gasteiger partial charge in [0.1, 0.15) is 18.1 Å². The van der Waals surface area contributed by atoms with Gasteiger partial charge in [-0.15, -0.1) is 10.2 Å². The third-order valence-electron chi connectivity index (χ3n) is 5.09. The van der Waals surface area contributed by atoms with Crippen molar-refractivity contribution < 1.29 is 18.4 Å². The molecule has 0 saturated heterocycles. The summed E-state index contributed by atoms with van der Waals surface area (Å²) in [4.78, 5) is 29.7. The number of hydrogen-bond acceptors (Lipinski definition) is 7. The van der Waals surface area contributed by atoms with Crippen molar-refractivity contribution in [3.8, 4) is 11.6 Å². The minimum Gasteiger partial charge on any atom is -0.467 e. The Morgan fingerprint density at radius 3 is 2.43 bits per heavy atom. The number of carbonyl (C=O) groups is 2. The van der Waals surface area contributed by atoms with E-state index in [1.54, 1.807) is 36.4 Å². The van der Waals surface area contributed by atoms with Crippen molar-refractivity contribution >= 4 is 17.5 Å². The summed E-state index contributed by atoms with van der Waals surface area (Å²) >= 11 is 0. The lowest BCUT2D eigenvalue weighted by Gasteiger charge is -2.32. The van der Waals surface area contributed by atoms with Gasteiger partial charge < -0.3 is 14.2 Å². The van der Waals surface area contributed by atoms with Crippen molar-refractivity contribution in [2.75, 3.05) is 4.90 Å². The van der Waals surface area contributed by atoms with Crippen LogP contribution in [0.15, 0.2) is 63.6 Å². The van der Waals surface area contributed by atoms with E-state index in [2.05, 4.69) is 20.7 Å². The number of aryl methyl sites for hydroxylation is 2. The Morgan fingerprint density at radius 2 is 1.83 bits per heavy atom. The molecule has 2 amide bonds. The first-order valence-corrected chi connectivity index (χ1v) is 11.2. The maximum absolute atomic E-state index is 13.7. The maximum Gasteiger partial charge on any atom is 0.251 e. The Balaban J connectivity index is 1.70. The van der Waals surface area contributed by atoms with Crippen LogP contribution in [0.1, 0.15) is 43.9 Å². The van der Waals surface area contributed by atoms with Crippen molar-refractivity contribution in [3.05, 3.63) is 71.9 Å². The SMILES string of the molecule is Cc1ccc(N(C(=O)Cn2nnc(-c3ccc(C)o3)n2)C(C(=O)NC(C)(C)C)c2ccco2)cc1.